The van der Waals surface area contributed by atoms with Crippen LogP contribution < -0.4 is 5.32 Å². The molecule has 1 aromatic rings. The van der Waals surface area contributed by atoms with Crippen LogP contribution in [0.4, 0.5) is 0 Å². The van der Waals surface area contributed by atoms with Gasteiger partial charge in [0.05, 0.1) is 0 Å². The minimum atomic E-state index is 0.497. The van der Waals surface area contributed by atoms with E-state index < -0.39 is 0 Å². The van der Waals surface area contributed by atoms with Gasteiger partial charge in [-0.3, -0.25) is 4.90 Å². The van der Waals surface area contributed by atoms with Crippen molar-refractivity contribution < 1.29 is 0 Å². The van der Waals surface area contributed by atoms with E-state index in [4.69, 9.17) is 0 Å². The largest absolute Gasteiger partial charge is 0.313 e. The van der Waals surface area contributed by atoms with E-state index in [9.17, 15) is 0 Å². The van der Waals surface area contributed by atoms with Crippen LogP contribution in [0.3, 0.4) is 0 Å². The fraction of sp³-hybridized carbons (Fsp3) is 0.667. The lowest BCUT2D eigenvalue weighted by molar-refractivity contribution is 0.0662. The molecular formula is C18H30N2. The summed E-state index contributed by atoms with van der Waals surface area (Å²) in [6.45, 7) is 11.5. The average Bonchev–Trinajstić information content (AvgIpc) is 2.44. The van der Waals surface area contributed by atoms with Gasteiger partial charge >= 0.3 is 0 Å². The molecule has 0 aromatic heterocycles. The molecule has 2 heteroatoms. The zero-order valence-corrected chi connectivity index (χ0v) is 13.5. The fourth-order valence-corrected chi connectivity index (χ4v) is 3.26. The number of nitrogens with one attached hydrogen (secondary N) is 1. The van der Waals surface area contributed by atoms with Crippen LogP contribution in [0.5, 0.6) is 0 Å². The van der Waals surface area contributed by atoms with E-state index in [2.05, 4.69) is 68.2 Å². The molecule has 1 heterocycles. The summed E-state index contributed by atoms with van der Waals surface area (Å²) in [5.74, 6) is 0.800. The van der Waals surface area contributed by atoms with Gasteiger partial charge in [0.1, 0.15) is 0 Å². The number of piperidine rings is 1. The molecule has 20 heavy (non-hydrogen) atoms. The average molecular weight is 274 g/mol. The van der Waals surface area contributed by atoms with Gasteiger partial charge in [0, 0.05) is 24.7 Å². The SMILES string of the molecule is CC(C)NCC(c1ccccc1)N1CCCC(C)C1C. The number of hydrogen-bond donors (Lipinski definition) is 1. The number of hydrogen-bond acceptors (Lipinski definition) is 2. The normalized spacial score (nSPS) is 25.9. The van der Waals surface area contributed by atoms with Crippen molar-refractivity contribution >= 4 is 0 Å². The molecule has 2 nitrogen and oxygen atoms in total. The first-order valence-electron chi connectivity index (χ1n) is 8.13. The summed E-state index contributed by atoms with van der Waals surface area (Å²) in [4.78, 5) is 2.71. The summed E-state index contributed by atoms with van der Waals surface area (Å²) in [5, 5.41) is 3.64. The molecule has 3 unspecified atom stereocenters. The van der Waals surface area contributed by atoms with Crippen LogP contribution in [0, 0.1) is 5.92 Å². The van der Waals surface area contributed by atoms with Gasteiger partial charge in [0.15, 0.2) is 0 Å². The molecule has 0 radical (unpaired) electrons. The number of nitrogens with zero attached hydrogens (tertiary/aromatic N) is 1. The van der Waals surface area contributed by atoms with Crippen LogP contribution in [0.25, 0.3) is 0 Å². The summed E-state index contributed by atoms with van der Waals surface area (Å²) in [7, 11) is 0. The van der Waals surface area contributed by atoms with Gasteiger partial charge in [-0.2, -0.15) is 0 Å². The van der Waals surface area contributed by atoms with Crippen molar-refractivity contribution in [3.8, 4) is 0 Å². The first-order valence-corrected chi connectivity index (χ1v) is 8.13. The molecule has 1 aromatic carbocycles. The Morgan fingerprint density at radius 1 is 1.20 bits per heavy atom. The smallest absolute Gasteiger partial charge is 0.0475 e. The van der Waals surface area contributed by atoms with E-state index in [0.29, 0.717) is 18.1 Å². The van der Waals surface area contributed by atoms with Crippen molar-refractivity contribution in [3.05, 3.63) is 35.9 Å². The Morgan fingerprint density at radius 3 is 2.55 bits per heavy atom. The van der Waals surface area contributed by atoms with Crippen molar-refractivity contribution in [1.29, 1.82) is 0 Å². The predicted molar refractivity (Wildman–Crippen MR) is 86.9 cm³/mol. The van der Waals surface area contributed by atoms with Crippen LogP contribution in [-0.4, -0.2) is 30.1 Å². The summed E-state index contributed by atoms with van der Waals surface area (Å²) >= 11 is 0. The number of rotatable bonds is 5. The van der Waals surface area contributed by atoms with Crippen LogP contribution in [-0.2, 0) is 0 Å². The molecule has 1 aliphatic rings. The topological polar surface area (TPSA) is 15.3 Å². The van der Waals surface area contributed by atoms with Crippen molar-refractivity contribution in [2.24, 2.45) is 5.92 Å². The van der Waals surface area contributed by atoms with Crippen molar-refractivity contribution in [2.75, 3.05) is 13.1 Å². The molecule has 3 atom stereocenters. The predicted octanol–water partition coefficient (Wildman–Crippen LogP) is 3.85. The minimum Gasteiger partial charge on any atom is -0.313 e. The second-order valence-corrected chi connectivity index (χ2v) is 6.59. The Bertz CT molecular complexity index is 388. The first-order chi connectivity index (χ1) is 9.59. The molecule has 0 bridgehead atoms. The van der Waals surface area contributed by atoms with E-state index in [1.807, 2.05) is 0 Å². The van der Waals surface area contributed by atoms with Crippen LogP contribution in [0.15, 0.2) is 30.3 Å². The molecule has 1 N–H and O–H groups in total. The van der Waals surface area contributed by atoms with E-state index in [1.54, 1.807) is 0 Å². The Hall–Kier alpha value is -0.860. The summed E-state index contributed by atoms with van der Waals surface area (Å²) in [6.07, 6.45) is 2.70. The Labute approximate surface area is 124 Å². The lowest BCUT2D eigenvalue weighted by Gasteiger charge is -2.43. The highest BCUT2D eigenvalue weighted by atomic mass is 15.2. The molecule has 0 amide bonds. The second-order valence-electron chi connectivity index (χ2n) is 6.59. The van der Waals surface area contributed by atoms with Gasteiger partial charge in [-0.25, -0.2) is 0 Å². The molecule has 2 rings (SSSR count). The summed E-state index contributed by atoms with van der Waals surface area (Å²) in [5.41, 5.74) is 1.45. The summed E-state index contributed by atoms with van der Waals surface area (Å²) in [6, 6.07) is 12.7. The van der Waals surface area contributed by atoms with Gasteiger partial charge in [-0.05, 0) is 37.8 Å². The van der Waals surface area contributed by atoms with Gasteiger partial charge in [0.2, 0.25) is 0 Å². The zero-order valence-electron chi connectivity index (χ0n) is 13.5. The second kappa shape index (κ2) is 7.24. The molecule has 1 fully saturated rings. The number of likely N-dealkylation sites (tertiary alicyclic amines) is 1. The standard InChI is InChI=1S/C18H30N2/c1-14(2)19-13-18(17-10-6-5-7-11-17)20-12-8-9-15(3)16(20)4/h5-7,10-11,14-16,18-19H,8-9,12-13H2,1-4H3. The van der Waals surface area contributed by atoms with Gasteiger partial charge in [-0.15, -0.1) is 0 Å². The highest BCUT2D eigenvalue weighted by molar-refractivity contribution is 5.20. The Morgan fingerprint density at radius 2 is 1.90 bits per heavy atom. The van der Waals surface area contributed by atoms with Gasteiger partial charge in [0.25, 0.3) is 0 Å². The highest BCUT2D eigenvalue weighted by Gasteiger charge is 2.30. The van der Waals surface area contributed by atoms with Crippen LogP contribution >= 0.6 is 0 Å². The van der Waals surface area contributed by atoms with Gasteiger partial charge < -0.3 is 5.32 Å². The Balaban J connectivity index is 2.17. The monoisotopic (exact) mass is 274 g/mol. The lowest BCUT2D eigenvalue weighted by atomic mass is 9.89. The van der Waals surface area contributed by atoms with Crippen LogP contribution in [0.1, 0.15) is 52.1 Å². The third kappa shape index (κ3) is 3.83. The van der Waals surface area contributed by atoms with Gasteiger partial charge in [-0.1, -0.05) is 51.1 Å². The molecule has 0 aliphatic carbocycles. The summed E-state index contributed by atoms with van der Waals surface area (Å²) < 4.78 is 0. The molecule has 0 saturated carbocycles. The maximum Gasteiger partial charge on any atom is 0.0475 e. The molecule has 0 spiro atoms. The minimum absolute atomic E-state index is 0.497. The van der Waals surface area contributed by atoms with E-state index in [1.165, 1.54) is 24.9 Å². The molecule has 1 aliphatic heterocycles. The maximum atomic E-state index is 3.64. The van der Waals surface area contributed by atoms with Crippen LogP contribution in [0.2, 0.25) is 0 Å². The quantitative estimate of drug-likeness (QED) is 0.877. The first kappa shape index (κ1) is 15.5. The third-order valence-electron chi connectivity index (χ3n) is 4.73. The van der Waals surface area contributed by atoms with Crippen molar-refractivity contribution in [2.45, 2.75) is 58.7 Å². The fourth-order valence-electron chi connectivity index (χ4n) is 3.26. The molecule has 112 valence electrons. The third-order valence-corrected chi connectivity index (χ3v) is 4.73. The van der Waals surface area contributed by atoms with E-state index in [0.717, 1.165) is 12.5 Å². The van der Waals surface area contributed by atoms with E-state index in [-0.39, 0.29) is 0 Å². The molecule has 1 saturated heterocycles. The maximum absolute atomic E-state index is 3.64. The lowest BCUT2D eigenvalue weighted by Crippen LogP contribution is -2.47. The number of benzene rings is 1. The highest BCUT2D eigenvalue weighted by Crippen LogP contribution is 2.31. The van der Waals surface area contributed by atoms with Crippen molar-refractivity contribution in [1.82, 2.24) is 10.2 Å². The van der Waals surface area contributed by atoms with Crippen molar-refractivity contribution in [3.63, 3.8) is 0 Å². The molecular weight excluding hydrogens is 244 g/mol. The van der Waals surface area contributed by atoms with E-state index >= 15 is 0 Å². The Kier molecular flexibility index (Phi) is 5.62. The zero-order chi connectivity index (χ0) is 14.5.